The Kier molecular flexibility index (Phi) is 7.30. The summed E-state index contributed by atoms with van der Waals surface area (Å²) >= 11 is 0. The van der Waals surface area contributed by atoms with Gasteiger partial charge in [-0.15, -0.1) is 34.8 Å². The number of nitrogens with zero attached hydrogens (tertiary/aromatic N) is 5. The maximum atomic E-state index is 10.7. The number of imidazole rings is 1. The van der Waals surface area contributed by atoms with Crippen LogP contribution >= 0.6 is 0 Å². The molecule has 0 N–H and O–H groups in total. The molecule has 1 aliphatic heterocycles. The van der Waals surface area contributed by atoms with Crippen LogP contribution in [0.25, 0.3) is 72.3 Å². The van der Waals surface area contributed by atoms with Crippen molar-refractivity contribution in [2.24, 2.45) is 0 Å². The van der Waals surface area contributed by atoms with Gasteiger partial charge in [-0.25, -0.2) is 4.98 Å². The molecule has 3 aromatic heterocycles. The summed E-state index contributed by atoms with van der Waals surface area (Å²) in [6.45, 7) is 10.8. The predicted octanol–water partition coefficient (Wildman–Crippen LogP) is 11.2. The molecule has 10 aromatic rings. The van der Waals surface area contributed by atoms with Crippen LogP contribution in [0.5, 0.6) is 11.5 Å². The fourth-order valence-corrected chi connectivity index (χ4v) is 12.0. The molecule has 7 aromatic carbocycles. The second-order valence-corrected chi connectivity index (χ2v) is 21.1. The van der Waals surface area contributed by atoms with Crippen molar-refractivity contribution in [2.45, 2.75) is 39.3 Å². The predicted molar refractivity (Wildman–Crippen MR) is 251 cm³/mol. The van der Waals surface area contributed by atoms with Crippen molar-refractivity contribution in [3.8, 4) is 57.0 Å². The van der Waals surface area contributed by atoms with Crippen LogP contribution < -0.4 is 19.7 Å². The van der Waals surface area contributed by atoms with E-state index >= 15 is 0 Å². The Morgan fingerprint density at radius 2 is 1.46 bits per heavy atom. The molecule has 0 aliphatic carbocycles. The Labute approximate surface area is 396 Å². The zero-order valence-corrected chi connectivity index (χ0v) is 38.0. The van der Waals surface area contributed by atoms with Gasteiger partial charge in [0.05, 0.1) is 36.5 Å². The summed E-state index contributed by atoms with van der Waals surface area (Å²) in [5, 5.41) is 14.4. The molecule has 0 saturated carbocycles. The van der Waals surface area contributed by atoms with Crippen LogP contribution in [0.4, 0.5) is 0 Å². The Morgan fingerprint density at radius 1 is 0.778 bits per heavy atom. The number of para-hydroxylation sites is 2. The maximum Gasteiger partial charge on any atom is 0.268 e. The third-order valence-corrected chi connectivity index (χ3v) is 15.3. The Morgan fingerprint density at radius 3 is 2.16 bits per heavy atom. The van der Waals surface area contributed by atoms with Gasteiger partial charge >= 0.3 is 0 Å². The van der Waals surface area contributed by atoms with Crippen molar-refractivity contribution < 1.29 is 44.1 Å². The molecule has 0 amide bonds. The van der Waals surface area contributed by atoms with Crippen LogP contribution in [-0.2, 0) is 26.5 Å². The first kappa shape index (κ1) is 30.2. The molecule has 308 valence electrons. The number of pyridine rings is 1. The molecule has 8 heteroatoms. The summed E-state index contributed by atoms with van der Waals surface area (Å²) in [5.74, 6) is 1.51. The van der Waals surface area contributed by atoms with Gasteiger partial charge in [-0.3, -0.25) is 4.57 Å². The van der Waals surface area contributed by atoms with Crippen LogP contribution in [0.2, 0.25) is 13.1 Å². The molecule has 0 bridgehead atoms. The zero-order chi connectivity index (χ0) is 51.0. The second kappa shape index (κ2) is 15.2. The van der Waals surface area contributed by atoms with Crippen molar-refractivity contribution in [3.05, 3.63) is 187 Å². The van der Waals surface area contributed by atoms with E-state index in [2.05, 4.69) is 81.2 Å². The van der Waals surface area contributed by atoms with Gasteiger partial charge in [0.25, 0.3) is 6.33 Å². The van der Waals surface area contributed by atoms with E-state index in [-0.39, 0.29) is 54.4 Å². The number of aromatic nitrogens is 4. The first-order chi connectivity index (χ1) is 34.2. The summed E-state index contributed by atoms with van der Waals surface area (Å²) in [4.78, 5) is 4.81. The quantitative estimate of drug-likeness (QED) is 0.0947. The smallest absolute Gasteiger partial charge is 0.268 e. The minimum Gasteiger partial charge on any atom is -0.510 e. The largest absolute Gasteiger partial charge is 0.510 e. The summed E-state index contributed by atoms with van der Waals surface area (Å²) < 4.78 is 99.9. The van der Waals surface area contributed by atoms with E-state index in [1.165, 1.54) is 0 Å². The molecular weight excluding hydrogens is 970 g/mol. The van der Waals surface area contributed by atoms with Crippen molar-refractivity contribution in [1.29, 1.82) is 5.26 Å². The Bertz CT molecular complexity index is 3940. The summed E-state index contributed by atoms with van der Waals surface area (Å²) in [6.07, 6.45) is 5.30. The normalized spacial score (nSPS) is 15.0. The SMILES string of the molecule is [2H]c1c([2H])c([2H])c(-c2cccc(-c3c([2H])c([2H])c([2H])c([2H])c3[2H])c2-[n+]2[c-]n3c4c(c(C#N)ccc42)[Si](C)(C)c2ccc(Oc4[c-]c5c(cc4)c4ccccc4n5-c4cc(C(C)(C)C)ccn4)[c-]c2-3)c([2H])c1[2H].[Pt]. The third kappa shape index (κ3) is 6.47. The number of hydrogen-bond donors (Lipinski definition) is 0. The number of nitriles is 1. The standard InChI is InChI=1S/C55H41N5OSi.Pt/c1-55(2,3)39-29-30-57-51(31-39)60-46-22-13-12-19-44(46)45-26-24-40(32-48(45)60)61-41-25-28-50-49(33-41)59-35-58(47-27-23-38(34-56)54(53(47)59)62(50,4)5)52-42(36-15-8-6-9-16-36)20-14-21-43(52)37-17-10-7-11-18-37;/h6-31H,1-5H3;/q-2;/i6D,7D,8D,9D,10D,11D,15D,16D,17D,18D;. The minimum atomic E-state index is -2.82. The number of benzene rings is 7. The minimum absolute atomic E-state index is 0. The van der Waals surface area contributed by atoms with Gasteiger partial charge in [0.1, 0.15) is 5.82 Å². The van der Waals surface area contributed by atoms with Gasteiger partial charge in [-0.1, -0.05) is 142 Å². The van der Waals surface area contributed by atoms with E-state index < -0.39 is 68.5 Å². The van der Waals surface area contributed by atoms with Crippen molar-refractivity contribution in [2.75, 3.05) is 0 Å². The molecule has 0 fully saturated rings. The number of ether oxygens (including phenoxy) is 1. The number of fused-ring (bicyclic) bond motifs is 5. The van der Waals surface area contributed by atoms with E-state index in [0.717, 1.165) is 43.6 Å². The van der Waals surface area contributed by atoms with E-state index in [1.54, 1.807) is 39.5 Å². The Hall–Kier alpha value is -6.84. The number of rotatable bonds is 6. The molecule has 0 spiro atoms. The van der Waals surface area contributed by atoms with Crippen LogP contribution in [0.1, 0.15) is 45.6 Å². The van der Waals surface area contributed by atoms with E-state index in [4.69, 9.17) is 23.4 Å². The van der Waals surface area contributed by atoms with Crippen LogP contribution in [0, 0.1) is 29.8 Å². The molecule has 0 atom stereocenters. The monoisotopic (exact) mass is 1020 g/mol. The van der Waals surface area contributed by atoms with Crippen molar-refractivity contribution in [3.63, 3.8) is 0 Å². The van der Waals surface area contributed by atoms with Crippen molar-refractivity contribution >= 4 is 51.3 Å². The first-order valence-corrected chi connectivity index (χ1v) is 23.1. The van der Waals surface area contributed by atoms with Crippen LogP contribution in [0.3, 0.4) is 0 Å². The molecule has 0 unspecified atom stereocenters. The van der Waals surface area contributed by atoms with E-state index in [0.29, 0.717) is 33.8 Å². The molecule has 6 nitrogen and oxygen atoms in total. The van der Waals surface area contributed by atoms with Gasteiger partial charge in [0.2, 0.25) is 0 Å². The fraction of sp³-hybridized carbons (Fsp3) is 0.109. The summed E-state index contributed by atoms with van der Waals surface area (Å²) in [6, 6.07) is 32.1. The average Bonchev–Trinajstić information content (AvgIpc) is 3.91. The van der Waals surface area contributed by atoms with Crippen LogP contribution in [0.15, 0.2) is 158 Å². The maximum absolute atomic E-state index is 10.7. The van der Waals surface area contributed by atoms with Gasteiger partial charge in [0.15, 0.2) is 0 Å². The van der Waals surface area contributed by atoms with Gasteiger partial charge in [-0.2, -0.15) is 17.4 Å². The van der Waals surface area contributed by atoms with Gasteiger partial charge < -0.3 is 13.9 Å². The molecule has 1 aliphatic rings. The topological polar surface area (TPSA) is 59.6 Å². The molecule has 0 saturated heterocycles. The zero-order valence-electron chi connectivity index (χ0n) is 44.7. The second-order valence-electron chi connectivity index (χ2n) is 16.8. The molecule has 4 heterocycles. The van der Waals surface area contributed by atoms with Gasteiger partial charge in [0, 0.05) is 57.9 Å². The first-order valence-electron chi connectivity index (χ1n) is 25.1. The van der Waals surface area contributed by atoms with E-state index in [1.807, 2.05) is 48.7 Å². The molecule has 11 rings (SSSR count). The summed E-state index contributed by atoms with van der Waals surface area (Å²) in [5.41, 5.74) is 4.85. The number of hydrogen-bond acceptors (Lipinski definition) is 3. The average molecular weight is 1020 g/mol. The fourth-order valence-electron chi connectivity index (χ4n) is 8.84. The van der Waals surface area contributed by atoms with Crippen LogP contribution in [-0.4, -0.2) is 22.2 Å². The Balaban J connectivity index is 0.00000611. The van der Waals surface area contributed by atoms with Crippen molar-refractivity contribution in [1.82, 2.24) is 14.1 Å². The van der Waals surface area contributed by atoms with E-state index in [9.17, 15) is 5.26 Å². The molecule has 0 radical (unpaired) electrons. The molecule has 63 heavy (non-hydrogen) atoms. The third-order valence-electron chi connectivity index (χ3n) is 11.8. The summed E-state index contributed by atoms with van der Waals surface area (Å²) in [7, 11) is -2.82. The molecular formula is C55H41N5OPtSi-2. The van der Waals surface area contributed by atoms with Gasteiger partial charge in [-0.05, 0) is 73.8 Å².